The molecule has 0 fully saturated rings. The second kappa shape index (κ2) is 5.85. The molecular formula is C12H13FN2O2. The number of methoxy groups -OCH3 is 1. The minimum Gasteiger partial charge on any atom is -0.494 e. The van der Waals surface area contributed by atoms with E-state index >= 15 is 0 Å². The zero-order chi connectivity index (χ0) is 12.8. The third kappa shape index (κ3) is 3.45. The number of nitriles is 1. The number of nitrogens with zero attached hydrogens (tertiary/aromatic N) is 2. The zero-order valence-corrected chi connectivity index (χ0v) is 9.74. The minimum absolute atomic E-state index is 0.190. The normalized spacial score (nSPS) is 9.53. The Labute approximate surface area is 99.2 Å². The second-order valence-corrected chi connectivity index (χ2v) is 3.56. The van der Waals surface area contributed by atoms with Crippen molar-refractivity contribution in [2.24, 2.45) is 0 Å². The fourth-order valence-corrected chi connectivity index (χ4v) is 1.35. The van der Waals surface area contributed by atoms with Gasteiger partial charge in [0.15, 0.2) is 17.6 Å². The number of likely N-dealkylation sites (N-methyl/N-ethyl adjacent to an activating group) is 1. The van der Waals surface area contributed by atoms with E-state index in [0.717, 1.165) is 5.56 Å². The van der Waals surface area contributed by atoms with Crippen LogP contribution in [0.25, 0.3) is 0 Å². The van der Waals surface area contributed by atoms with E-state index in [9.17, 15) is 9.18 Å². The van der Waals surface area contributed by atoms with E-state index in [1.807, 2.05) is 0 Å². The third-order valence-corrected chi connectivity index (χ3v) is 2.39. The number of carbonyl (C=O) groups is 1. The summed E-state index contributed by atoms with van der Waals surface area (Å²) in [5.41, 5.74) is 0.751. The van der Waals surface area contributed by atoms with Gasteiger partial charge in [-0.25, -0.2) is 4.39 Å². The fourth-order valence-electron chi connectivity index (χ4n) is 1.35. The lowest BCUT2D eigenvalue weighted by molar-refractivity contribution is -0.124. The Hall–Kier alpha value is -2.09. The quantitative estimate of drug-likeness (QED) is 0.742. The van der Waals surface area contributed by atoms with Crippen LogP contribution in [0, 0.1) is 17.1 Å². The van der Waals surface area contributed by atoms with Crippen molar-refractivity contribution in [3.05, 3.63) is 29.6 Å². The summed E-state index contributed by atoms with van der Waals surface area (Å²) in [7, 11) is 2.93. The Morgan fingerprint density at radius 2 is 2.29 bits per heavy atom. The Morgan fingerprint density at radius 1 is 1.59 bits per heavy atom. The van der Waals surface area contributed by atoms with Crippen molar-refractivity contribution in [2.45, 2.75) is 6.42 Å². The summed E-state index contributed by atoms with van der Waals surface area (Å²) in [6, 6.07) is 6.16. The molecule has 0 heterocycles. The van der Waals surface area contributed by atoms with Crippen LogP contribution in [-0.4, -0.2) is 31.5 Å². The molecule has 5 heteroatoms. The molecule has 1 rings (SSSR count). The van der Waals surface area contributed by atoms with Crippen molar-refractivity contribution in [1.82, 2.24) is 4.90 Å². The number of hydrogen-bond acceptors (Lipinski definition) is 3. The van der Waals surface area contributed by atoms with Crippen molar-refractivity contribution in [3.63, 3.8) is 0 Å². The zero-order valence-electron chi connectivity index (χ0n) is 9.74. The Kier molecular flexibility index (Phi) is 4.46. The highest BCUT2D eigenvalue weighted by Gasteiger charge is 2.08. The topological polar surface area (TPSA) is 53.3 Å². The van der Waals surface area contributed by atoms with Gasteiger partial charge < -0.3 is 9.64 Å². The number of ether oxygens (including phenoxy) is 1. The van der Waals surface area contributed by atoms with Gasteiger partial charge in [-0.15, -0.1) is 0 Å². The standard InChI is InChI=1S/C12H13FN2O2/c1-15(12(16)8-14)6-5-9-3-4-11(17-2)10(13)7-9/h3-4,7H,5-6H2,1-2H3. The van der Waals surface area contributed by atoms with Crippen molar-refractivity contribution in [1.29, 1.82) is 5.26 Å². The highest BCUT2D eigenvalue weighted by atomic mass is 19.1. The molecule has 17 heavy (non-hydrogen) atoms. The molecule has 0 N–H and O–H groups in total. The lowest BCUT2D eigenvalue weighted by Gasteiger charge is -2.13. The molecule has 0 aromatic heterocycles. The maximum Gasteiger partial charge on any atom is 0.324 e. The van der Waals surface area contributed by atoms with Gasteiger partial charge >= 0.3 is 5.91 Å². The summed E-state index contributed by atoms with van der Waals surface area (Å²) in [6.45, 7) is 0.373. The van der Waals surface area contributed by atoms with Crippen LogP contribution in [0.5, 0.6) is 5.75 Å². The van der Waals surface area contributed by atoms with Crippen molar-refractivity contribution < 1.29 is 13.9 Å². The van der Waals surface area contributed by atoms with Crippen LogP contribution in [0.15, 0.2) is 18.2 Å². The van der Waals surface area contributed by atoms with Gasteiger partial charge in [0.2, 0.25) is 0 Å². The van der Waals surface area contributed by atoms with E-state index in [2.05, 4.69) is 0 Å². The van der Waals surface area contributed by atoms with Crippen LogP contribution in [-0.2, 0) is 11.2 Å². The first-order valence-electron chi connectivity index (χ1n) is 5.06. The molecule has 0 unspecified atom stereocenters. The number of amides is 1. The van der Waals surface area contributed by atoms with E-state index in [1.54, 1.807) is 6.07 Å². The van der Waals surface area contributed by atoms with Gasteiger partial charge in [0.25, 0.3) is 0 Å². The van der Waals surface area contributed by atoms with E-state index in [1.165, 1.54) is 37.3 Å². The lowest BCUT2D eigenvalue weighted by Crippen LogP contribution is -2.27. The van der Waals surface area contributed by atoms with Gasteiger partial charge in [0.05, 0.1) is 7.11 Å². The summed E-state index contributed by atoms with van der Waals surface area (Å²) >= 11 is 0. The SMILES string of the molecule is COc1ccc(CCN(C)C(=O)C#N)cc1F. The van der Waals surface area contributed by atoms with Crippen molar-refractivity contribution >= 4 is 5.91 Å². The molecule has 0 radical (unpaired) electrons. The van der Waals surface area contributed by atoms with Gasteiger partial charge in [-0.1, -0.05) is 6.07 Å². The maximum absolute atomic E-state index is 13.3. The Morgan fingerprint density at radius 3 is 2.82 bits per heavy atom. The minimum atomic E-state index is -0.598. The first kappa shape index (κ1) is 13.0. The molecule has 0 aliphatic carbocycles. The predicted octanol–water partition coefficient (Wildman–Crippen LogP) is 1.36. The van der Waals surface area contributed by atoms with Crippen LogP contribution in [0.2, 0.25) is 0 Å². The van der Waals surface area contributed by atoms with Crippen LogP contribution in [0.1, 0.15) is 5.56 Å². The molecule has 0 spiro atoms. The van der Waals surface area contributed by atoms with Gasteiger partial charge in [0.1, 0.15) is 0 Å². The molecule has 0 saturated heterocycles. The summed E-state index contributed by atoms with van der Waals surface area (Å²) in [4.78, 5) is 12.3. The van der Waals surface area contributed by atoms with Gasteiger partial charge in [0, 0.05) is 13.6 Å². The first-order valence-corrected chi connectivity index (χ1v) is 5.06. The van der Waals surface area contributed by atoms with E-state index < -0.39 is 11.7 Å². The van der Waals surface area contributed by atoms with Crippen LogP contribution < -0.4 is 4.74 Å². The summed E-state index contributed by atoms with van der Waals surface area (Å²) in [6.07, 6.45) is 0.491. The van der Waals surface area contributed by atoms with Crippen LogP contribution >= 0.6 is 0 Å². The largest absolute Gasteiger partial charge is 0.494 e. The average molecular weight is 236 g/mol. The van der Waals surface area contributed by atoms with Crippen LogP contribution in [0.3, 0.4) is 0 Å². The molecule has 0 atom stereocenters. The Balaban J connectivity index is 2.62. The summed E-state index contributed by atoms with van der Waals surface area (Å²) in [5, 5.41) is 8.40. The van der Waals surface area contributed by atoms with Crippen LogP contribution in [0.4, 0.5) is 4.39 Å². The monoisotopic (exact) mass is 236 g/mol. The highest BCUT2D eigenvalue weighted by Crippen LogP contribution is 2.17. The molecule has 0 saturated carbocycles. The molecule has 4 nitrogen and oxygen atoms in total. The molecule has 90 valence electrons. The van der Waals surface area contributed by atoms with Gasteiger partial charge in [-0.2, -0.15) is 5.26 Å². The van der Waals surface area contributed by atoms with E-state index in [0.29, 0.717) is 13.0 Å². The molecule has 0 aliphatic heterocycles. The summed E-state index contributed by atoms with van der Waals surface area (Å²) < 4.78 is 18.1. The number of benzene rings is 1. The smallest absolute Gasteiger partial charge is 0.324 e. The second-order valence-electron chi connectivity index (χ2n) is 3.56. The molecule has 1 aromatic carbocycles. The highest BCUT2D eigenvalue weighted by molar-refractivity contribution is 5.90. The summed E-state index contributed by atoms with van der Waals surface area (Å²) in [5.74, 6) is -0.839. The molecule has 1 amide bonds. The van der Waals surface area contributed by atoms with Crippen molar-refractivity contribution in [3.8, 4) is 11.8 Å². The van der Waals surface area contributed by atoms with Crippen molar-refractivity contribution in [2.75, 3.05) is 20.7 Å². The van der Waals surface area contributed by atoms with E-state index in [4.69, 9.17) is 10.00 Å². The molecular weight excluding hydrogens is 223 g/mol. The van der Waals surface area contributed by atoms with Gasteiger partial charge in [-0.3, -0.25) is 4.79 Å². The van der Waals surface area contributed by atoms with Gasteiger partial charge in [-0.05, 0) is 24.1 Å². The lowest BCUT2D eigenvalue weighted by atomic mass is 10.1. The predicted molar refractivity (Wildman–Crippen MR) is 59.9 cm³/mol. The number of carbonyl (C=O) groups excluding carboxylic acids is 1. The third-order valence-electron chi connectivity index (χ3n) is 2.39. The number of rotatable bonds is 4. The number of halogens is 1. The molecule has 0 bridgehead atoms. The average Bonchev–Trinajstić information content (AvgIpc) is 2.35. The maximum atomic E-state index is 13.3. The molecule has 0 aliphatic rings. The molecule has 1 aromatic rings. The first-order chi connectivity index (χ1) is 8.08. The number of hydrogen-bond donors (Lipinski definition) is 0. The van der Waals surface area contributed by atoms with E-state index in [-0.39, 0.29) is 5.75 Å². The fraction of sp³-hybridized carbons (Fsp3) is 0.333. The Bertz CT molecular complexity index is 454.